The van der Waals surface area contributed by atoms with E-state index in [9.17, 15) is 0 Å². The second-order valence-electron chi connectivity index (χ2n) is 8.26. The Morgan fingerprint density at radius 2 is 0.741 bits per heavy atom. The summed E-state index contributed by atoms with van der Waals surface area (Å²) in [6, 6.07) is 1.21. The zero-order valence-corrected chi connectivity index (χ0v) is 20.4. The molecule has 0 fully saturated rings. The summed E-state index contributed by atoms with van der Waals surface area (Å²) in [5.41, 5.74) is 0. The van der Waals surface area contributed by atoms with Gasteiger partial charge in [-0.15, -0.1) is 0 Å². The van der Waals surface area contributed by atoms with Crippen molar-refractivity contribution in [3.05, 3.63) is 0 Å². The van der Waals surface area contributed by atoms with E-state index < -0.39 is 9.28 Å². The standard InChI is InChI=1S/C24H52O2Si/c1-4-7-10-11-12-13-14-15-16-17-18-19-20-21-24-27(25-22-8-5-2)26-23-9-6-3/h27H,4-24H2,1-3H3. The van der Waals surface area contributed by atoms with E-state index in [1.807, 2.05) is 0 Å². The number of hydrogen-bond donors (Lipinski definition) is 0. The van der Waals surface area contributed by atoms with Crippen molar-refractivity contribution in [2.45, 2.75) is 142 Å². The molecular weight excluding hydrogens is 348 g/mol. The number of rotatable bonds is 23. The molecule has 0 aromatic heterocycles. The van der Waals surface area contributed by atoms with Crippen LogP contribution < -0.4 is 0 Å². The molecule has 0 aliphatic heterocycles. The molecule has 27 heavy (non-hydrogen) atoms. The molecule has 0 radical (unpaired) electrons. The van der Waals surface area contributed by atoms with Gasteiger partial charge in [-0.25, -0.2) is 0 Å². The third kappa shape index (κ3) is 22.3. The fraction of sp³-hybridized carbons (Fsp3) is 1.00. The summed E-state index contributed by atoms with van der Waals surface area (Å²) in [5.74, 6) is 0. The van der Waals surface area contributed by atoms with Crippen LogP contribution in [0, 0.1) is 0 Å². The molecule has 0 aliphatic rings. The maximum atomic E-state index is 6.06. The van der Waals surface area contributed by atoms with E-state index in [0.717, 1.165) is 13.2 Å². The van der Waals surface area contributed by atoms with Crippen LogP contribution in [0.3, 0.4) is 0 Å². The minimum atomic E-state index is -1.39. The molecule has 0 bridgehead atoms. The molecule has 0 spiro atoms. The van der Waals surface area contributed by atoms with Gasteiger partial charge in [0.2, 0.25) is 0 Å². The van der Waals surface area contributed by atoms with E-state index >= 15 is 0 Å². The molecule has 0 unspecified atom stereocenters. The summed E-state index contributed by atoms with van der Waals surface area (Å²) < 4.78 is 12.1. The molecule has 0 saturated carbocycles. The van der Waals surface area contributed by atoms with Gasteiger partial charge in [-0.1, -0.05) is 124 Å². The van der Waals surface area contributed by atoms with Gasteiger partial charge >= 0.3 is 9.28 Å². The van der Waals surface area contributed by atoms with Gasteiger partial charge in [-0.2, -0.15) is 0 Å². The van der Waals surface area contributed by atoms with Crippen LogP contribution in [0.25, 0.3) is 0 Å². The topological polar surface area (TPSA) is 18.5 Å². The Labute approximate surface area is 174 Å². The Balaban J connectivity index is 3.39. The summed E-state index contributed by atoms with van der Waals surface area (Å²) in [5, 5.41) is 0. The smallest absolute Gasteiger partial charge is 0.321 e. The molecule has 0 aromatic carbocycles. The molecule has 3 heteroatoms. The lowest BCUT2D eigenvalue weighted by molar-refractivity contribution is 0.190. The molecular formula is C24H52O2Si. The Bertz CT molecular complexity index is 251. The second kappa shape index (κ2) is 24.2. The average Bonchev–Trinajstić information content (AvgIpc) is 2.68. The van der Waals surface area contributed by atoms with Crippen molar-refractivity contribution in [1.82, 2.24) is 0 Å². The molecule has 0 N–H and O–H groups in total. The summed E-state index contributed by atoms with van der Waals surface area (Å²) in [4.78, 5) is 0. The first-order valence-corrected chi connectivity index (χ1v) is 14.3. The zero-order valence-electron chi connectivity index (χ0n) is 19.2. The lowest BCUT2D eigenvalue weighted by atomic mass is 10.0. The van der Waals surface area contributed by atoms with Crippen LogP contribution in [0.1, 0.15) is 136 Å². The van der Waals surface area contributed by atoms with Gasteiger partial charge in [-0.05, 0) is 18.9 Å². The number of unbranched alkanes of at least 4 members (excludes halogenated alkanes) is 15. The van der Waals surface area contributed by atoms with Crippen LogP contribution in [0.15, 0.2) is 0 Å². The minimum absolute atomic E-state index is 0.915. The van der Waals surface area contributed by atoms with E-state index in [4.69, 9.17) is 8.85 Å². The molecule has 0 heterocycles. The van der Waals surface area contributed by atoms with Gasteiger partial charge in [0.15, 0.2) is 0 Å². The summed E-state index contributed by atoms with van der Waals surface area (Å²) >= 11 is 0. The van der Waals surface area contributed by atoms with Gasteiger partial charge in [0.1, 0.15) is 0 Å². The Kier molecular flexibility index (Phi) is 24.3. The van der Waals surface area contributed by atoms with Crippen molar-refractivity contribution in [2.24, 2.45) is 0 Å². The third-order valence-electron chi connectivity index (χ3n) is 5.40. The highest BCUT2D eigenvalue weighted by Crippen LogP contribution is 2.14. The van der Waals surface area contributed by atoms with E-state index in [2.05, 4.69) is 20.8 Å². The molecule has 0 amide bonds. The molecule has 2 nitrogen and oxygen atoms in total. The van der Waals surface area contributed by atoms with Gasteiger partial charge in [-0.3, -0.25) is 0 Å². The highest BCUT2D eigenvalue weighted by atomic mass is 28.3. The summed E-state index contributed by atoms with van der Waals surface area (Å²) in [6.45, 7) is 8.58. The Hall–Kier alpha value is 0.137. The Morgan fingerprint density at radius 3 is 1.11 bits per heavy atom. The summed E-state index contributed by atoms with van der Waals surface area (Å²) in [7, 11) is -1.39. The predicted octanol–water partition coefficient (Wildman–Crippen LogP) is 8.32. The van der Waals surface area contributed by atoms with Crippen LogP contribution >= 0.6 is 0 Å². The van der Waals surface area contributed by atoms with Crippen LogP contribution in [-0.2, 0) is 8.85 Å². The second-order valence-corrected chi connectivity index (χ2v) is 10.4. The van der Waals surface area contributed by atoms with E-state index in [1.54, 1.807) is 0 Å². The van der Waals surface area contributed by atoms with Crippen LogP contribution in [0.4, 0.5) is 0 Å². The SMILES string of the molecule is CCCCCCCCCCCCCCCC[SiH](OCCCC)OCCCC. The molecule has 0 atom stereocenters. The maximum absolute atomic E-state index is 6.06. The molecule has 0 aliphatic carbocycles. The average molecular weight is 401 g/mol. The molecule has 0 saturated heterocycles. The van der Waals surface area contributed by atoms with E-state index in [-0.39, 0.29) is 0 Å². The van der Waals surface area contributed by atoms with Gasteiger partial charge in [0.25, 0.3) is 0 Å². The first-order valence-electron chi connectivity index (χ1n) is 12.6. The molecule has 0 rings (SSSR count). The maximum Gasteiger partial charge on any atom is 0.321 e. The lowest BCUT2D eigenvalue weighted by Gasteiger charge is -2.16. The van der Waals surface area contributed by atoms with Gasteiger partial charge in [0.05, 0.1) is 0 Å². The molecule has 164 valence electrons. The van der Waals surface area contributed by atoms with Crippen LogP contribution in [0.2, 0.25) is 6.04 Å². The van der Waals surface area contributed by atoms with Crippen molar-refractivity contribution in [3.63, 3.8) is 0 Å². The van der Waals surface area contributed by atoms with E-state index in [1.165, 1.54) is 122 Å². The van der Waals surface area contributed by atoms with Gasteiger partial charge < -0.3 is 8.85 Å². The van der Waals surface area contributed by atoms with Crippen LogP contribution in [-0.4, -0.2) is 22.5 Å². The Morgan fingerprint density at radius 1 is 0.407 bits per heavy atom. The quantitative estimate of drug-likeness (QED) is 0.127. The molecule has 0 aromatic rings. The summed E-state index contributed by atoms with van der Waals surface area (Å²) in [6.07, 6.45) is 24.8. The first-order chi connectivity index (χ1) is 13.3. The monoisotopic (exact) mass is 400 g/mol. The largest absolute Gasteiger partial charge is 0.397 e. The van der Waals surface area contributed by atoms with Crippen molar-refractivity contribution >= 4 is 9.28 Å². The first kappa shape index (κ1) is 27.1. The van der Waals surface area contributed by atoms with Crippen LogP contribution in [0.5, 0.6) is 0 Å². The lowest BCUT2D eigenvalue weighted by Crippen LogP contribution is -2.24. The normalized spacial score (nSPS) is 11.6. The van der Waals surface area contributed by atoms with E-state index in [0.29, 0.717) is 0 Å². The van der Waals surface area contributed by atoms with Gasteiger partial charge in [0, 0.05) is 13.2 Å². The fourth-order valence-electron chi connectivity index (χ4n) is 3.44. The fourth-order valence-corrected chi connectivity index (χ4v) is 5.35. The minimum Gasteiger partial charge on any atom is -0.397 e. The number of hydrogen-bond acceptors (Lipinski definition) is 2. The van der Waals surface area contributed by atoms with Crippen molar-refractivity contribution in [1.29, 1.82) is 0 Å². The highest BCUT2D eigenvalue weighted by Gasteiger charge is 2.12. The highest BCUT2D eigenvalue weighted by molar-refractivity contribution is 6.44. The van der Waals surface area contributed by atoms with Crippen molar-refractivity contribution in [2.75, 3.05) is 13.2 Å². The predicted molar refractivity (Wildman–Crippen MR) is 124 cm³/mol. The van der Waals surface area contributed by atoms with Crippen molar-refractivity contribution < 1.29 is 8.85 Å². The van der Waals surface area contributed by atoms with Crippen molar-refractivity contribution in [3.8, 4) is 0 Å². The third-order valence-corrected chi connectivity index (χ3v) is 7.49. The zero-order chi connectivity index (χ0) is 19.8.